The highest BCUT2D eigenvalue weighted by Gasteiger charge is 2.35. The van der Waals surface area contributed by atoms with E-state index < -0.39 is 34.3 Å². The van der Waals surface area contributed by atoms with Gasteiger partial charge in [-0.15, -0.1) is 0 Å². The first kappa shape index (κ1) is 28.8. The second-order valence-electron chi connectivity index (χ2n) is 10.9. The topological polar surface area (TPSA) is 104 Å². The number of aromatic hydroxyl groups is 1. The normalized spacial score (nSPS) is 17.2. The van der Waals surface area contributed by atoms with Crippen molar-refractivity contribution in [2.75, 3.05) is 18.0 Å². The molecule has 0 radical (unpaired) electrons. The van der Waals surface area contributed by atoms with E-state index in [-0.39, 0.29) is 40.8 Å². The Morgan fingerprint density at radius 1 is 1.12 bits per heavy atom. The molecule has 1 N–H and O–H groups in total. The van der Waals surface area contributed by atoms with Crippen LogP contribution in [0.5, 0.6) is 5.75 Å². The molecule has 0 aliphatic carbocycles. The number of hydrogen-bond donors (Lipinski definition) is 1. The van der Waals surface area contributed by atoms with E-state index >= 15 is 4.39 Å². The van der Waals surface area contributed by atoms with Crippen LogP contribution in [0.4, 0.5) is 14.6 Å². The van der Waals surface area contributed by atoms with Crippen LogP contribution in [-0.2, 0) is 4.79 Å². The highest BCUT2D eigenvalue weighted by Crippen LogP contribution is 2.37. The summed E-state index contributed by atoms with van der Waals surface area (Å²) >= 11 is 0. The van der Waals surface area contributed by atoms with Crippen molar-refractivity contribution >= 4 is 22.8 Å². The van der Waals surface area contributed by atoms with Crippen LogP contribution in [0.3, 0.4) is 0 Å². The molecule has 1 aliphatic rings. The SMILES string of the molecule is C=CC(=O)N1C[C@@H](C)N(c2nc(=O)n(-c3c(C)ccnc3C(C)C)c3nc(-c4c(O)cccc4F)c(F)cc23)[C@@H](C)C1. The summed E-state index contributed by atoms with van der Waals surface area (Å²) in [6, 6.07) is 5.97. The summed E-state index contributed by atoms with van der Waals surface area (Å²) < 4.78 is 32.1. The van der Waals surface area contributed by atoms with Gasteiger partial charge in [0.15, 0.2) is 11.5 Å². The van der Waals surface area contributed by atoms with Crippen LogP contribution in [0.2, 0.25) is 0 Å². The van der Waals surface area contributed by atoms with E-state index in [1.165, 1.54) is 28.8 Å². The van der Waals surface area contributed by atoms with Gasteiger partial charge in [0.2, 0.25) is 5.91 Å². The summed E-state index contributed by atoms with van der Waals surface area (Å²) in [6.45, 7) is 13.7. The maximum atomic E-state index is 15.9. The fourth-order valence-corrected chi connectivity index (χ4v) is 5.76. The number of rotatable bonds is 5. The van der Waals surface area contributed by atoms with Crippen LogP contribution in [0.15, 0.2) is 54.0 Å². The molecule has 1 fully saturated rings. The number of phenolic OH excluding ortho intramolecular Hbond substituents is 1. The highest BCUT2D eigenvalue weighted by atomic mass is 19.1. The Balaban J connectivity index is 1.86. The number of aryl methyl sites for hydroxylation is 1. The number of anilines is 1. The molecular weight excluding hydrogens is 542 g/mol. The number of aromatic nitrogens is 4. The monoisotopic (exact) mass is 574 g/mol. The summed E-state index contributed by atoms with van der Waals surface area (Å²) in [4.78, 5) is 43.4. The molecule has 9 nitrogen and oxygen atoms in total. The minimum absolute atomic E-state index is 0.0334. The lowest BCUT2D eigenvalue weighted by Crippen LogP contribution is -2.58. The molecular formula is C31H32F2N6O3. The smallest absolute Gasteiger partial charge is 0.355 e. The van der Waals surface area contributed by atoms with Gasteiger partial charge in [-0.25, -0.2) is 23.1 Å². The lowest BCUT2D eigenvalue weighted by atomic mass is 10.0. The van der Waals surface area contributed by atoms with Crippen LogP contribution in [0.1, 0.15) is 44.9 Å². The quantitative estimate of drug-likeness (QED) is 0.339. The molecule has 5 rings (SSSR count). The molecule has 4 heterocycles. The van der Waals surface area contributed by atoms with Crippen LogP contribution in [-0.4, -0.2) is 60.6 Å². The maximum Gasteiger partial charge on any atom is 0.355 e. The third kappa shape index (κ3) is 4.78. The third-order valence-electron chi connectivity index (χ3n) is 7.60. The minimum Gasteiger partial charge on any atom is -0.507 e. The lowest BCUT2D eigenvalue weighted by molar-refractivity contribution is -0.127. The van der Waals surface area contributed by atoms with Crippen molar-refractivity contribution in [1.82, 2.24) is 24.4 Å². The fraction of sp³-hybridized carbons (Fsp3) is 0.323. The third-order valence-corrected chi connectivity index (χ3v) is 7.60. The molecule has 1 aromatic carbocycles. The molecule has 1 amide bonds. The summed E-state index contributed by atoms with van der Waals surface area (Å²) in [5.41, 5.74) is 0.261. The van der Waals surface area contributed by atoms with Gasteiger partial charge in [-0.2, -0.15) is 4.98 Å². The van der Waals surface area contributed by atoms with Crippen molar-refractivity contribution in [3.8, 4) is 22.7 Å². The number of piperazine rings is 1. The number of phenols is 1. The molecule has 0 unspecified atom stereocenters. The van der Waals surface area contributed by atoms with Gasteiger partial charge in [0.05, 0.1) is 22.3 Å². The zero-order valence-corrected chi connectivity index (χ0v) is 24.1. The Bertz CT molecular complexity index is 1760. The largest absolute Gasteiger partial charge is 0.507 e. The highest BCUT2D eigenvalue weighted by molar-refractivity contribution is 5.91. The van der Waals surface area contributed by atoms with Crippen molar-refractivity contribution in [1.29, 1.82) is 0 Å². The van der Waals surface area contributed by atoms with E-state index in [4.69, 9.17) is 0 Å². The molecule has 0 saturated carbocycles. The van der Waals surface area contributed by atoms with Gasteiger partial charge < -0.3 is 14.9 Å². The number of amides is 1. The minimum atomic E-state index is -0.899. The first-order valence-electron chi connectivity index (χ1n) is 13.7. The van der Waals surface area contributed by atoms with Gasteiger partial charge in [0.1, 0.15) is 23.1 Å². The van der Waals surface area contributed by atoms with Crippen molar-refractivity contribution in [2.45, 2.75) is 52.6 Å². The Hall–Kier alpha value is -4.67. The standard InChI is InChI=1S/C31H32F2N6O3/c1-7-24(41)37-14-18(5)38(19(6)15-37)30-20-13-22(33)27(25-21(32)9-8-10-23(25)40)35-29(20)39(31(42)36-30)28-17(4)11-12-34-26(28)16(2)3/h7-13,16,18-19,40H,1,14-15H2,2-6H3/t18-,19+. The fourth-order valence-electron chi connectivity index (χ4n) is 5.76. The number of carbonyl (C=O) groups excluding carboxylic acids is 1. The Morgan fingerprint density at radius 3 is 2.43 bits per heavy atom. The average molecular weight is 575 g/mol. The van der Waals surface area contributed by atoms with Gasteiger partial charge in [-0.1, -0.05) is 26.5 Å². The number of pyridine rings is 2. The van der Waals surface area contributed by atoms with Gasteiger partial charge in [0, 0.05) is 31.4 Å². The van der Waals surface area contributed by atoms with Crippen LogP contribution in [0, 0.1) is 18.6 Å². The van der Waals surface area contributed by atoms with E-state index in [2.05, 4.69) is 21.5 Å². The van der Waals surface area contributed by atoms with E-state index in [1.807, 2.05) is 39.5 Å². The molecule has 11 heteroatoms. The molecule has 0 bridgehead atoms. The van der Waals surface area contributed by atoms with Gasteiger partial charge >= 0.3 is 5.69 Å². The molecule has 3 aromatic heterocycles. The summed E-state index contributed by atoms with van der Waals surface area (Å²) in [7, 11) is 0. The lowest BCUT2D eigenvalue weighted by Gasteiger charge is -2.45. The Morgan fingerprint density at radius 2 is 1.81 bits per heavy atom. The first-order valence-corrected chi connectivity index (χ1v) is 13.7. The van der Waals surface area contributed by atoms with Crippen LogP contribution in [0.25, 0.3) is 28.0 Å². The summed E-state index contributed by atoms with van der Waals surface area (Å²) in [5, 5.41) is 10.7. The van der Waals surface area contributed by atoms with Crippen molar-refractivity contribution in [3.63, 3.8) is 0 Å². The molecule has 2 atom stereocenters. The van der Waals surface area contributed by atoms with E-state index in [9.17, 15) is 19.1 Å². The predicted octanol–water partition coefficient (Wildman–Crippen LogP) is 4.87. The van der Waals surface area contributed by atoms with E-state index in [0.29, 0.717) is 30.0 Å². The number of carbonyl (C=O) groups is 1. The molecule has 0 spiro atoms. The number of halogens is 2. The van der Waals surface area contributed by atoms with E-state index in [0.717, 1.165) is 6.07 Å². The second-order valence-corrected chi connectivity index (χ2v) is 10.9. The van der Waals surface area contributed by atoms with Crippen LogP contribution < -0.4 is 10.6 Å². The zero-order chi connectivity index (χ0) is 30.5. The number of hydrogen-bond acceptors (Lipinski definition) is 7. The summed E-state index contributed by atoms with van der Waals surface area (Å²) in [5.74, 6) is -2.36. The number of nitrogens with zero attached hydrogens (tertiary/aromatic N) is 6. The molecule has 4 aromatic rings. The predicted molar refractivity (Wildman–Crippen MR) is 157 cm³/mol. The average Bonchev–Trinajstić information content (AvgIpc) is 2.93. The summed E-state index contributed by atoms with van der Waals surface area (Å²) in [6.07, 6.45) is 2.90. The van der Waals surface area contributed by atoms with Gasteiger partial charge in [-0.05, 0) is 62.6 Å². The molecule has 1 saturated heterocycles. The number of benzene rings is 1. The Labute approximate surface area is 241 Å². The van der Waals surface area contributed by atoms with Crippen molar-refractivity contribution < 1.29 is 18.7 Å². The van der Waals surface area contributed by atoms with Gasteiger partial charge in [-0.3, -0.25) is 9.78 Å². The van der Waals surface area contributed by atoms with Crippen molar-refractivity contribution in [3.05, 3.63) is 82.6 Å². The van der Waals surface area contributed by atoms with Crippen molar-refractivity contribution in [2.24, 2.45) is 0 Å². The van der Waals surface area contributed by atoms with E-state index in [1.54, 1.807) is 17.2 Å². The molecule has 1 aliphatic heterocycles. The molecule has 218 valence electrons. The molecule has 42 heavy (non-hydrogen) atoms. The Kier molecular flexibility index (Phi) is 7.53. The van der Waals surface area contributed by atoms with Gasteiger partial charge in [0.25, 0.3) is 0 Å². The first-order chi connectivity index (χ1) is 19.9. The maximum absolute atomic E-state index is 15.9. The second kappa shape index (κ2) is 11.0. The zero-order valence-electron chi connectivity index (χ0n) is 24.1. The number of fused-ring (bicyclic) bond motifs is 1. The van der Waals surface area contributed by atoms with Crippen LogP contribution >= 0.6 is 0 Å².